The normalized spacial score (nSPS) is 10.8. The average Bonchev–Trinajstić information content (AvgIpc) is 3.30. The first-order valence-electron chi connectivity index (χ1n) is 10.2. The van der Waals surface area contributed by atoms with Crippen molar-refractivity contribution >= 4 is 39.6 Å². The van der Waals surface area contributed by atoms with Crippen molar-refractivity contribution in [1.82, 2.24) is 15.2 Å². The molecule has 0 aliphatic carbocycles. The number of hydrazone groups is 1. The molecule has 0 fully saturated rings. The molecule has 34 heavy (non-hydrogen) atoms. The van der Waals surface area contributed by atoms with E-state index in [1.165, 1.54) is 6.21 Å². The predicted octanol–water partition coefficient (Wildman–Crippen LogP) is 4.40. The molecule has 0 saturated carbocycles. The molecule has 0 bridgehead atoms. The van der Waals surface area contributed by atoms with Gasteiger partial charge in [0.1, 0.15) is 11.4 Å². The number of ether oxygens (including phenoxy) is 1. The molecule has 9 heteroatoms. The second-order valence-corrected chi connectivity index (χ2v) is 8.02. The van der Waals surface area contributed by atoms with Crippen LogP contribution in [0.3, 0.4) is 0 Å². The second kappa shape index (κ2) is 10.6. The lowest BCUT2D eigenvalue weighted by molar-refractivity contribution is -0.136. The number of benzene rings is 3. The average molecular weight is 518 g/mol. The standard InChI is InChI=1S/C25H20BrN5O3/c1-34-22-13-7-17(8-14-22)23-18(16-31(30-23)21-5-3-2-4-6-21)15-27-29-25(33)24(32)28-20-11-9-19(26)10-12-20/h2-16H,1H3,(H,28,32)(H,29,33). The van der Waals surface area contributed by atoms with Crippen molar-refractivity contribution in [1.29, 1.82) is 0 Å². The molecule has 0 spiro atoms. The minimum Gasteiger partial charge on any atom is -0.497 e. The third kappa shape index (κ3) is 5.57. The Morgan fingerprint density at radius 3 is 2.35 bits per heavy atom. The number of anilines is 1. The molecule has 0 aliphatic heterocycles. The Kier molecular flexibility index (Phi) is 7.14. The molecule has 1 heterocycles. The van der Waals surface area contributed by atoms with E-state index in [0.717, 1.165) is 21.5 Å². The van der Waals surface area contributed by atoms with Gasteiger partial charge in [-0.3, -0.25) is 9.59 Å². The molecule has 170 valence electrons. The van der Waals surface area contributed by atoms with Crippen LogP contribution in [0.5, 0.6) is 5.75 Å². The maximum atomic E-state index is 12.2. The first kappa shape index (κ1) is 22.9. The van der Waals surface area contributed by atoms with Crippen LogP contribution in [0.15, 0.2) is 94.6 Å². The van der Waals surface area contributed by atoms with E-state index < -0.39 is 11.8 Å². The van der Waals surface area contributed by atoms with Gasteiger partial charge in [-0.25, -0.2) is 10.1 Å². The largest absolute Gasteiger partial charge is 0.497 e. The molecule has 1 aromatic heterocycles. The number of nitrogens with zero attached hydrogens (tertiary/aromatic N) is 3. The van der Waals surface area contributed by atoms with E-state index in [1.54, 1.807) is 42.3 Å². The van der Waals surface area contributed by atoms with Gasteiger partial charge in [0, 0.05) is 27.5 Å². The van der Waals surface area contributed by atoms with Gasteiger partial charge in [-0.2, -0.15) is 10.2 Å². The fraction of sp³-hybridized carbons (Fsp3) is 0.0400. The van der Waals surface area contributed by atoms with Gasteiger partial charge < -0.3 is 10.1 Å². The Hall–Kier alpha value is -4.24. The van der Waals surface area contributed by atoms with Crippen LogP contribution in [0.25, 0.3) is 16.9 Å². The van der Waals surface area contributed by atoms with Crippen LogP contribution in [0.1, 0.15) is 5.56 Å². The van der Waals surface area contributed by atoms with Crippen molar-refractivity contribution in [2.24, 2.45) is 5.10 Å². The summed E-state index contributed by atoms with van der Waals surface area (Å²) in [5.74, 6) is -0.985. The fourth-order valence-electron chi connectivity index (χ4n) is 3.10. The maximum absolute atomic E-state index is 12.2. The van der Waals surface area contributed by atoms with E-state index in [0.29, 0.717) is 16.9 Å². The summed E-state index contributed by atoms with van der Waals surface area (Å²) in [7, 11) is 1.60. The molecule has 0 saturated heterocycles. The Labute approximate surface area is 204 Å². The quantitative estimate of drug-likeness (QED) is 0.225. The minimum atomic E-state index is -0.888. The lowest BCUT2D eigenvalue weighted by atomic mass is 10.1. The highest BCUT2D eigenvalue weighted by Crippen LogP contribution is 2.25. The lowest BCUT2D eigenvalue weighted by Gasteiger charge is -2.04. The van der Waals surface area contributed by atoms with Crippen LogP contribution < -0.4 is 15.5 Å². The number of para-hydroxylation sites is 1. The van der Waals surface area contributed by atoms with Crippen LogP contribution in [0.4, 0.5) is 5.69 Å². The van der Waals surface area contributed by atoms with Crippen molar-refractivity contribution in [3.63, 3.8) is 0 Å². The predicted molar refractivity (Wildman–Crippen MR) is 134 cm³/mol. The van der Waals surface area contributed by atoms with Crippen molar-refractivity contribution in [3.05, 3.63) is 95.1 Å². The van der Waals surface area contributed by atoms with Gasteiger partial charge in [0.25, 0.3) is 0 Å². The maximum Gasteiger partial charge on any atom is 0.329 e. The Bertz CT molecular complexity index is 1320. The van der Waals surface area contributed by atoms with Crippen molar-refractivity contribution in [2.75, 3.05) is 12.4 Å². The SMILES string of the molecule is COc1ccc(-c2nn(-c3ccccc3)cc2C=NNC(=O)C(=O)Nc2ccc(Br)cc2)cc1. The Morgan fingerprint density at radius 1 is 0.971 bits per heavy atom. The van der Waals surface area contributed by atoms with Crippen LogP contribution in [-0.4, -0.2) is 34.9 Å². The molecule has 0 radical (unpaired) electrons. The molecule has 4 aromatic rings. The highest BCUT2D eigenvalue weighted by Gasteiger charge is 2.14. The van der Waals surface area contributed by atoms with Gasteiger partial charge >= 0.3 is 11.8 Å². The molecule has 8 nitrogen and oxygen atoms in total. The van der Waals surface area contributed by atoms with Crippen LogP contribution in [0.2, 0.25) is 0 Å². The zero-order valence-corrected chi connectivity index (χ0v) is 19.7. The molecule has 0 unspecified atom stereocenters. The molecule has 4 rings (SSSR count). The van der Waals surface area contributed by atoms with E-state index in [1.807, 2.05) is 54.6 Å². The number of halogens is 1. The van der Waals surface area contributed by atoms with Gasteiger partial charge in [0.2, 0.25) is 0 Å². The van der Waals surface area contributed by atoms with Gasteiger partial charge in [0.05, 0.1) is 19.0 Å². The van der Waals surface area contributed by atoms with E-state index in [2.05, 4.69) is 31.8 Å². The number of hydrogen-bond acceptors (Lipinski definition) is 5. The Morgan fingerprint density at radius 2 is 1.68 bits per heavy atom. The summed E-state index contributed by atoms with van der Waals surface area (Å²) in [6.07, 6.45) is 3.25. The summed E-state index contributed by atoms with van der Waals surface area (Å²) in [6, 6.07) is 24.0. The number of amides is 2. The number of carbonyl (C=O) groups excluding carboxylic acids is 2. The Balaban J connectivity index is 1.53. The number of carbonyl (C=O) groups is 2. The van der Waals surface area contributed by atoms with E-state index >= 15 is 0 Å². The fourth-order valence-corrected chi connectivity index (χ4v) is 3.36. The van der Waals surface area contributed by atoms with Crippen molar-refractivity contribution in [3.8, 4) is 22.7 Å². The summed E-state index contributed by atoms with van der Waals surface area (Å²) in [5, 5.41) is 11.2. The molecule has 2 amide bonds. The topological polar surface area (TPSA) is 97.6 Å². The summed E-state index contributed by atoms with van der Waals surface area (Å²) in [4.78, 5) is 24.3. The van der Waals surface area contributed by atoms with Gasteiger partial charge in [-0.1, -0.05) is 34.1 Å². The molecular formula is C25H20BrN5O3. The molecular weight excluding hydrogens is 498 g/mol. The van der Waals surface area contributed by atoms with E-state index in [9.17, 15) is 9.59 Å². The highest BCUT2D eigenvalue weighted by atomic mass is 79.9. The summed E-state index contributed by atoms with van der Waals surface area (Å²) in [5.41, 5.74) is 5.78. The molecule has 0 atom stereocenters. The van der Waals surface area contributed by atoms with Crippen molar-refractivity contribution in [2.45, 2.75) is 0 Å². The van der Waals surface area contributed by atoms with Gasteiger partial charge in [0.15, 0.2) is 0 Å². The van der Waals surface area contributed by atoms with Gasteiger partial charge in [-0.05, 0) is 60.7 Å². The summed E-state index contributed by atoms with van der Waals surface area (Å²) < 4.78 is 7.82. The smallest absolute Gasteiger partial charge is 0.329 e. The monoisotopic (exact) mass is 517 g/mol. The van der Waals surface area contributed by atoms with Crippen LogP contribution in [-0.2, 0) is 9.59 Å². The minimum absolute atomic E-state index is 0.498. The summed E-state index contributed by atoms with van der Waals surface area (Å²) >= 11 is 3.32. The molecule has 3 aromatic carbocycles. The zero-order chi connectivity index (χ0) is 23.9. The third-order valence-corrected chi connectivity index (χ3v) is 5.33. The number of nitrogens with one attached hydrogen (secondary N) is 2. The highest BCUT2D eigenvalue weighted by molar-refractivity contribution is 9.10. The lowest BCUT2D eigenvalue weighted by Crippen LogP contribution is -2.32. The van der Waals surface area contributed by atoms with Crippen LogP contribution >= 0.6 is 15.9 Å². The second-order valence-electron chi connectivity index (χ2n) is 7.10. The van der Waals surface area contributed by atoms with Gasteiger partial charge in [-0.15, -0.1) is 0 Å². The number of aromatic nitrogens is 2. The summed E-state index contributed by atoms with van der Waals surface area (Å²) in [6.45, 7) is 0. The number of rotatable bonds is 6. The first-order valence-corrected chi connectivity index (χ1v) is 11.0. The third-order valence-electron chi connectivity index (χ3n) is 4.80. The van der Waals surface area contributed by atoms with Crippen LogP contribution in [0, 0.1) is 0 Å². The van der Waals surface area contributed by atoms with Crippen molar-refractivity contribution < 1.29 is 14.3 Å². The molecule has 2 N–H and O–H groups in total. The van der Waals surface area contributed by atoms with E-state index in [4.69, 9.17) is 9.84 Å². The first-order chi connectivity index (χ1) is 16.5. The van der Waals surface area contributed by atoms with E-state index in [-0.39, 0.29) is 0 Å². The molecule has 0 aliphatic rings. The number of methoxy groups -OCH3 is 1. The zero-order valence-electron chi connectivity index (χ0n) is 18.1. The number of hydrogen-bond donors (Lipinski definition) is 2.